The molecule has 33 heavy (non-hydrogen) atoms. The van der Waals surface area contributed by atoms with Crippen molar-refractivity contribution >= 4 is 66.9 Å². The van der Waals surface area contributed by atoms with Crippen molar-refractivity contribution in [3.63, 3.8) is 0 Å². The first-order valence-electron chi connectivity index (χ1n) is 9.07. The minimum atomic E-state index is -3.76. The summed E-state index contributed by atoms with van der Waals surface area (Å²) in [6.45, 7) is 0. The van der Waals surface area contributed by atoms with E-state index >= 15 is 0 Å². The Balaban J connectivity index is 1.67. The summed E-state index contributed by atoms with van der Waals surface area (Å²) in [5, 5.41) is 24.7. The molecule has 0 radical (unpaired) electrons. The average molecular weight is 527 g/mol. The summed E-state index contributed by atoms with van der Waals surface area (Å²) >= 11 is 13.1. The number of nitro benzene ring substituents is 1. The molecule has 2 aromatic carbocycles. The lowest BCUT2D eigenvalue weighted by molar-refractivity contribution is -0.385. The third kappa shape index (κ3) is 4.42. The number of hydrazone groups is 1. The summed E-state index contributed by atoms with van der Waals surface area (Å²) < 4.78 is 25.4. The highest BCUT2D eigenvalue weighted by Gasteiger charge is 2.34. The molecule has 1 aliphatic rings. The number of carboxylic acid groups (broad SMARTS) is 1. The molecule has 0 saturated carbocycles. The SMILES string of the molecule is O=C(O)/C(Cc1ccccc1[N+](=O)[O-])=N/Nc1nc2c(s1)CS(=O)(=O)c1c-2ccc(Cl)c1Cl. The molecular formula is C19H12Cl2N4O6S2. The predicted octanol–water partition coefficient (Wildman–Crippen LogP) is 4.41. The molecule has 4 rings (SSSR count). The number of nitrogens with zero attached hydrogens (tertiary/aromatic N) is 3. The third-order valence-electron chi connectivity index (χ3n) is 4.71. The molecular weight excluding hydrogens is 515 g/mol. The molecule has 0 unspecified atom stereocenters. The Hall–Kier alpha value is -3.06. The van der Waals surface area contributed by atoms with Gasteiger partial charge in [-0.3, -0.25) is 15.5 Å². The molecule has 0 bridgehead atoms. The van der Waals surface area contributed by atoms with Crippen LogP contribution in [0.2, 0.25) is 10.0 Å². The number of rotatable bonds is 6. The van der Waals surface area contributed by atoms with Crippen molar-refractivity contribution in [2.24, 2.45) is 5.10 Å². The zero-order chi connectivity index (χ0) is 23.9. The number of benzene rings is 2. The van der Waals surface area contributed by atoms with E-state index < -0.39 is 20.7 Å². The summed E-state index contributed by atoms with van der Waals surface area (Å²) in [6.07, 6.45) is -0.310. The fourth-order valence-electron chi connectivity index (χ4n) is 3.27. The second-order valence-corrected chi connectivity index (χ2v) is 10.6. The average Bonchev–Trinajstić information content (AvgIpc) is 3.14. The predicted molar refractivity (Wildman–Crippen MR) is 124 cm³/mol. The molecule has 2 heterocycles. The van der Waals surface area contributed by atoms with Gasteiger partial charge in [0.15, 0.2) is 9.84 Å². The van der Waals surface area contributed by atoms with E-state index in [1.54, 1.807) is 6.07 Å². The van der Waals surface area contributed by atoms with Gasteiger partial charge in [-0.2, -0.15) is 5.10 Å². The maximum absolute atomic E-state index is 12.7. The van der Waals surface area contributed by atoms with Crippen LogP contribution < -0.4 is 5.43 Å². The largest absolute Gasteiger partial charge is 0.477 e. The van der Waals surface area contributed by atoms with E-state index in [1.807, 2.05) is 0 Å². The molecule has 0 spiro atoms. The summed E-state index contributed by atoms with van der Waals surface area (Å²) in [6, 6.07) is 8.71. The molecule has 2 N–H and O–H groups in total. The maximum Gasteiger partial charge on any atom is 0.352 e. The van der Waals surface area contributed by atoms with Crippen LogP contribution in [0, 0.1) is 10.1 Å². The van der Waals surface area contributed by atoms with Crippen LogP contribution in [0.3, 0.4) is 0 Å². The van der Waals surface area contributed by atoms with Crippen LogP contribution in [0.15, 0.2) is 46.4 Å². The van der Waals surface area contributed by atoms with Crippen LogP contribution in [0.25, 0.3) is 11.3 Å². The van der Waals surface area contributed by atoms with E-state index in [1.165, 1.54) is 30.3 Å². The fraction of sp³-hybridized carbons (Fsp3) is 0.105. The minimum absolute atomic E-state index is 0.0852. The monoisotopic (exact) mass is 526 g/mol. The van der Waals surface area contributed by atoms with Crippen molar-refractivity contribution in [3.8, 4) is 11.3 Å². The molecule has 0 atom stereocenters. The number of hydrogen-bond acceptors (Lipinski definition) is 9. The molecule has 170 valence electrons. The molecule has 0 saturated heterocycles. The molecule has 0 fully saturated rings. The lowest BCUT2D eigenvalue weighted by atomic mass is 10.1. The van der Waals surface area contributed by atoms with Crippen LogP contribution in [0.1, 0.15) is 10.4 Å². The molecule has 0 aliphatic carbocycles. The molecule has 14 heteroatoms. The Morgan fingerprint density at radius 2 is 2.00 bits per heavy atom. The van der Waals surface area contributed by atoms with Gasteiger partial charge in [0.25, 0.3) is 5.69 Å². The Labute approximate surface area is 200 Å². The number of aliphatic carboxylic acids is 1. The highest BCUT2D eigenvalue weighted by atomic mass is 35.5. The number of fused-ring (bicyclic) bond motifs is 3. The Kier molecular flexibility index (Phi) is 6.10. The molecule has 10 nitrogen and oxygen atoms in total. The van der Waals surface area contributed by atoms with Crippen molar-refractivity contribution in [2.45, 2.75) is 17.1 Å². The molecule has 3 aromatic rings. The fourth-order valence-corrected chi connectivity index (χ4v) is 6.93. The van der Waals surface area contributed by atoms with Gasteiger partial charge in [0.1, 0.15) is 5.71 Å². The lowest BCUT2D eigenvalue weighted by Gasteiger charge is -2.17. The second-order valence-electron chi connectivity index (χ2n) is 6.83. The smallest absolute Gasteiger partial charge is 0.352 e. The van der Waals surface area contributed by atoms with Crippen LogP contribution >= 0.6 is 34.5 Å². The van der Waals surface area contributed by atoms with Crippen molar-refractivity contribution in [1.82, 2.24) is 4.98 Å². The van der Waals surface area contributed by atoms with Gasteiger partial charge in [0, 0.05) is 23.6 Å². The summed E-state index contributed by atoms with van der Waals surface area (Å²) in [7, 11) is -3.76. The number of anilines is 1. The van der Waals surface area contributed by atoms with Gasteiger partial charge in [-0.05, 0) is 12.1 Å². The van der Waals surface area contributed by atoms with Crippen molar-refractivity contribution in [1.29, 1.82) is 0 Å². The van der Waals surface area contributed by atoms with E-state index in [0.717, 1.165) is 11.3 Å². The topological polar surface area (TPSA) is 152 Å². The van der Waals surface area contributed by atoms with Crippen molar-refractivity contribution in [3.05, 3.63) is 67.0 Å². The number of nitrogens with one attached hydrogen (secondary N) is 1. The summed E-state index contributed by atoms with van der Waals surface area (Å²) in [5.41, 5.74) is 2.75. The van der Waals surface area contributed by atoms with Crippen LogP contribution in [0.4, 0.5) is 10.8 Å². The number of nitro groups is 1. The standard InChI is InChI=1S/C19H12Cl2N4O6S2/c20-11-6-5-10-16-14(8-33(30,31)17(10)15(11)21)32-19(22-16)24-23-12(18(26)27)7-9-3-1-2-4-13(9)25(28)29/h1-6H,7-8H2,(H,22,24)(H,26,27)/b23-12+. The Morgan fingerprint density at radius 3 is 2.70 bits per heavy atom. The van der Waals surface area contributed by atoms with E-state index in [0.29, 0.717) is 10.6 Å². The van der Waals surface area contributed by atoms with E-state index in [9.17, 15) is 28.4 Å². The second kappa shape index (κ2) is 8.71. The summed E-state index contributed by atoms with van der Waals surface area (Å²) in [5.74, 6) is -1.73. The number of carboxylic acids is 1. The third-order valence-corrected chi connectivity index (χ3v) is 8.49. The number of hydrogen-bond donors (Lipinski definition) is 2. The number of sulfone groups is 1. The van der Waals surface area contributed by atoms with Gasteiger partial charge >= 0.3 is 5.97 Å². The first-order chi connectivity index (χ1) is 15.6. The number of carbonyl (C=O) groups is 1. The van der Waals surface area contributed by atoms with Gasteiger partial charge < -0.3 is 5.11 Å². The quantitative estimate of drug-likeness (QED) is 0.272. The minimum Gasteiger partial charge on any atom is -0.477 e. The first kappa shape index (κ1) is 23.1. The zero-order valence-corrected chi connectivity index (χ0v) is 19.4. The number of para-hydroxylation sites is 1. The van der Waals surface area contributed by atoms with Crippen LogP contribution in [-0.2, 0) is 26.8 Å². The van der Waals surface area contributed by atoms with E-state index in [-0.39, 0.29) is 54.8 Å². The molecule has 1 aromatic heterocycles. The zero-order valence-electron chi connectivity index (χ0n) is 16.3. The highest BCUT2D eigenvalue weighted by Crippen LogP contribution is 2.46. The van der Waals surface area contributed by atoms with Gasteiger partial charge in [0.05, 0.1) is 36.2 Å². The van der Waals surface area contributed by atoms with E-state index in [4.69, 9.17) is 23.2 Å². The Morgan fingerprint density at radius 1 is 1.27 bits per heavy atom. The Bertz CT molecular complexity index is 1450. The normalized spacial score (nSPS) is 14.3. The molecule has 1 aliphatic heterocycles. The maximum atomic E-state index is 12.7. The van der Waals surface area contributed by atoms with Gasteiger partial charge in [-0.15, -0.1) is 0 Å². The van der Waals surface area contributed by atoms with E-state index in [2.05, 4.69) is 15.5 Å². The van der Waals surface area contributed by atoms with Crippen molar-refractivity contribution < 1.29 is 23.2 Å². The van der Waals surface area contributed by atoms with Gasteiger partial charge in [0.2, 0.25) is 5.13 Å². The first-order valence-corrected chi connectivity index (χ1v) is 12.3. The van der Waals surface area contributed by atoms with Crippen LogP contribution in [0.5, 0.6) is 0 Å². The lowest BCUT2D eigenvalue weighted by Crippen LogP contribution is -2.18. The highest BCUT2D eigenvalue weighted by molar-refractivity contribution is 7.91. The number of aromatic nitrogens is 1. The van der Waals surface area contributed by atoms with Crippen molar-refractivity contribution in [2.75, 3.05) is 5.43 Å². The summed E-state index contributed by atoms with van der Waals surface area (Å²) in [4.78, 5) is 26.9. The number of thiazole rings is 1. The number of halogens is 2. The van der Waals surface area contributed by atoms with Crippen LogP contribution in [-0.4, -0.2) is 35.1 Å². The molecule has 0 amide bonds. The van der Waals surface area contributed by atoms with Gasteiger partial charge in [-0.1, -0.05) is 52.7 Å². The van der Waals surface area contributed by atoms with Gasteiger partial charge in [-0.25, -0.2) is 18.2 Å².